The summed E-state index contributed by atoms with van der Waals surface area (Å²) in [7, 11) is 0. The van der Waals surface area contributed by atoms with E-state index in [1.54, 1.807) is 0 Å². The van der Waals surface area contributed by atoms with E-state index in [1.807, 2.05) is 0 Å². The van der Waals surface area contributed by atoms with E-state index in [-0.39, 0.29) is 0 Å². The van der Waals surface area contributed by atoms with E-state index in [0.29, 0.717) is 5.41 Å². The first-order valence-corrected chi connectivity index (χ1v) is 7.02. The van der Waals surface area contributed by atoms with Crippen LogP contribution in [0.25, 0.3) is 0 Å². The molecule has 2 saturated carbocycles. The van der Waals surface area contributed by atoms with E-state index in [4.69, 9.17) is 0 Å². The van der Waals surface area contributed by atoms with Gasteiger partial charge in [0.05, 0.1) is 0 Å². The Morgan fingerprint density at radius 2 is 2.00 bits per heavy atom. The molecule has 2 rings (SSSR count). The summed E-state index contributed by atoms with van der Waals surface area (Å²) in [5.41, 5.74) is 0.664. The third-order valence-corrected chi connectivity index (χ3v) is 5.99. The third-order valence-electron chi connectivity index (χ3n) is 5.99. The lowest BCUT2D eigenvalue weighted by Crippen LogP contribution is -2.49. The second kappa shape index (κ2) is 3.79. The van der Waals surface area contributed by atoms with Crippen molar-refractivity contribution in [1.29, 1.82) is 0 Å². The molecule has 0 N–H and O–H groups in total. The fourth-order valence-corrected chi connectivity index (χ4v) is 4.66. The van der Waals surface area contributed by atoms with Crippen molar-refractivity contribution < 1.29 is 0 Å². The predicted octanol–water partition coefficient (Wildman–Crippen LogP) is 4.74. The van der Waals surface area contributed by atoms with E-state index in [9.17, 15) is 0 Å². The molecular weight excluding hydrogens is 180 g/mol. The third kappa shape index (κ3) is 1.47. The van der Waals surface area contributed by atoms with Gasteiger partial charge in [-0.2, -0.15) is 0 Å². The lowest BCUT2D eigenvalue weighted by atomic mass is 9.50. The van der Waals surface area contributed by atoms with Gasteiger partial charge in [0.2, 0.25) is 0 Å². The molecule has 5 atom stereocenters. The fraction of sp³-hybridized carbons (Fsp3) is 1.00. The Kier molecular flexibility index (Phi) is 2.90. The Balaban J connectivity index is 2.13. The maximum atomic E-state index is 2.57. The Morgan fingerprint density at radius 1 is 1.33 bits per heavy atom. The number of fused-ring (bicyclic) bond motifs is 1. The van der Waals surface area contributed by atoms with Gasteiger partial charge >= 0.3 is 0 Å². The fourth-order valence-electron chi connectivity index (χ4n) is 4.66. The van der Waals surface area contributed by atoms with Crippen LogP contribution in [-0.4, -0.2) is 0 Å². The number of hydrogen-bond donors (Lipinski definition) is 0. The Morgan fingerprint density at radius 3 is 2.53 bits per heavy atom. The molecular formula is C15H28. The van der Waals surface area contributed by atoms with Gasteiger partial charge in [-0.1, -0.05) is 47.5 Å². The topological polar surface area (TPSA) is 0 Å². The highest BCUT2D eigenvalue weighted by molar-refractivity contribution is 5.07. The zero-order chi connectivity index (χ0) is 11.2. The molecule has 0 radical (unpaired) electrons. The standard InChI is InChI=1S/C15H28/c1-6-7-12-11(4)13-8-9-15(5,10(2)3)14(12)13/h10-14H,6-9H2,1-5H3. The van der Waals surface area contributed by atoms with Crippen LogP contribution in [0.4, 0.5) is 0 Å². The highest BCUT2D eigenvalue weighted by atomic mass is 14.6. The first-order chi connectivity index (χ1) is 7.02. The van der Waals surface area contributed by atoms with Crippen molar-refractivity contribution in [3.63, 3.8) is 0 Å². The van der Waals surface area contributed by atoms with Crippen molar-refractivity contribution >= 4 is 0 Å². The molecule has 0 aromatic carbocycles. The highest BCUT2D eigenvalue weighted by Gasteiger charge is 2.59. The van der Waals surface area contributed by atoms with Crippen LogP contribution in [0.2, 0.25) is 0 Å². The second-order valence-corrected chi connectivity index (χ2v) is 6.70. The normalized spacial score (nSPS) is 49.2. The average molecular weight is 208 g/mol. The maximum Gasteiger partial charge on any atom is -0.0269 e. The molecule has 0 amide bonds. The van der Waals surface area contributed by atoms with E-state index >= 15 is 0 Å². The molecule has 2 fully saturated rings. The largest absolute Gasteiger partial charge is 0.0654 e. The molecule has 0 spiro atoms. The molecule has 0 aromatic heterocycles. The van der Waals surface area contributed by atoms with Crippen LogP contribution < -0.4 is 0 Å². The summed E-state index contributed by atoms with van der Waals surface area (Å²) in [5.74, 6) is 5.09. The molecule has 15 heavy (non-hydrogen) atoms. The second-order valence-electron chi connectivity index (χ2n) is 6.70. The summed E-state index contributed by atoms with van der Waals surface area (Å²) < 4.78 is 0. The van der Waals surface area contributed by atoms with Gasteiger partial charge in [-0.3, -0.25) is 0 Å². The molecule has 5 unspecified atom stereocenters. The van der Waals surface area contributed by atoms with E-state index in [0.717, 1.165) is 29.6 Å². The van der Waals surface area contributed by atoms with Crippen LogP contribution >= 0.6 is 0 Å². The van der Waals surface area contributed by atoms with Crippen LogP contribution in [0.5, 0.6) is 0 Å². The first-order valence-electron chi connectivity index (χ1n) is 7.02. The van der Waals surface area contributed by atoms with Crippen molar-refractivity contribution in [2.45, 2.75) is 60.3 Å². The minimum Gasteiger partial charge on any atom is -0.0654 e. The molecule has 0 bridgehead atoms. The van der Waals surface area contributed by atoms with Gasteiger partial charge < -0.3 is 0 Å². The monoisotopic (exact) mass is 208 g/mol. The number of rotatable bonds is 3. The number of hydrogen-bond acceptors (Lipinski definition) is 0. The molecule has 2 aliphatic carbocycles. The van der Waals surface area contributed by atoms with Crippen molar-refractivity contribution in [2.75, 3.05) is 0 Å². The lowest BCUT2D eigenvalue weighted by Gasteiger charge is -2.55. The summed E-state index contributed by atoms with van der Waals surface area (Å²) in [6, 6.07) is 0. The van der Waals surface area contributed by atoms with Crippen molar-refractivity contribution in [3.8, 4) is 0 Å². The molecule has 0 saturated heterocycles. The molecule has 0 aromatic rings. The Hall–Kier alpha value is 0. The molecule has 0 aliphatic heterocycles. The van der Waals surface area contributed by atoms with E-state index in [2.05, 4.69) is 34.6 Å². The van der Waals surface area contributed by atoms with Gasteiger partial charge in [0.15, 0.2) is 0 Å². The molecule has 0 heteroatoms. The van der Waals surface area contributed by atoms with Crippen LogP contribution in [0.1, 0.15) is 60.3 Å². The van der Waals surface area contributed by atoms with Gasteiger partial charge in [0, 0.05) is 0 Å². The maximum absolute atomic E-state index is 2.57. The van der Waals surface area contributed by atoms with Crippen molar-refractivity contribution in [2.24, 2.45) is 35.0 Å². The van der Waals surface area contributed by atoms with Crippen molar-refractivity contribution in [1.82, 2.24) is 0 Å². The summed E-state index contributed by atoms with van der Waals surface area (Å²) in [6.07, 6.45) is 5.86. The average Bonchev–Trinajstić information content (AvgIpc) is 2.50. The molecule has 0 nitrogen and oxygen atoms in total. The van der Waals surface area contributed by atoms with Gasteiger partial charge in [-0.05, 0) is 47.8 Å². The van der Waals surface area contributed by atoms with Gasteiger partial charge in [0.25, 0.3) is 0 Å². The smallest absolute Gasteiger partial charge is 0.0269 e. The SMILES string of the molecule is CCCC1C(C)C2CCC(C)(C(C)C)C12. The zero-order valence-corrected chi connectivity index (χ0v) is 11.2. The summed E-state index contributed by atoms with van der Waals surface area (Å²) in [4.78, 5) is 0. The minimum atomic E-state index is 0.664. The molecule has 88 valence electrons. The van der Waals surface area contributed by atoms with Crippen molar-refractivity contribution in [3.05, 3.63) is 0 Å². The first kappa shape index (κ1) is 11.5. The Bertz CT molecular complexity index is 230. The van der Waals surface area contributed by atoms with Crippen LogP contribution in [0.15, 0.2) is 0 Å². The zero-order valence-electron chi connectivity index (χ0n) is 11.2. The van der Waals surface area contributed by atoms with Crippen LogP contribution in [0.3, 0.4) is 0 Å². The Labute approximate surface area is 95.8 Å². The van der Waals surface area contributed by atoms with Crippen LogP contribution in [0, 0.1) is 35.0 Å². The van der Waals surface area contributed by atoms with Gasteiger partial charge in [-0.15, -0.1) is 0 Å². The summed E-state index contributed by atoms with van der Waals surface area (Å²) in [6.45, 7) is 12.3. The predicted molar refractivity (Wildman–Crippen MR) is 66.7 cm³/mol. The van der Waals surface area contributed by atoms with E-state index < -0.39 is 0 Å². The lowest BCUT2D eigenvalue weighted by molar-refractivity contribution is -0.0672. The van der Waals surface area contributed by atoms with Gasteiger partial charge in [-0.25, -0.2) is 0 Å². The van der Waals surface area contributed by atoms with E-state index in [1.165, 1.54) is 25.7 Å². The quantitative estimate of drug-likeness (QED) is 0.628. The van der Waals surface area contributed by atoms with Crippen LogP contribution in [-0.2, 0) is 0 Å². The van der Waals surface area contributed by atoms with Gasteiger partial charge in [0.1, 0.15) is 0 Å². The molecule has 2 aliphatic rings. The summed E-state index contributed by atoms with van der Waals surface area (Å²) >= 11 is 0. The minimum absolute atomic E-state index is 0.664. The molecule has 0 heterocycles. The summed E-state index contributed by atoms with van der Waals surface area (Å²) in [5, 5.41) is 0. The highest BCUT2D eigenvalue weighted by Crippen LogP contribution is 2.66.